The summed E-state index contributed by atoms with van der Waals surface area (Å²) in [5, 5.41) is 26.0. The van der Waals surface area contributed by atoms with Gasteiger partial charge in [0.25, 0.3) is 0 Å². The lowest BCUT2D eigenvalue weighted by Gasteiger charge is -2.21. The minimum atomic E-state index is 0.00416. The molecule has 0 aromatic carbocycles. The summed E-state index contributed by atoms with van der Waals surface area (Å²) in [4.78, 5) is 23.9. The van der Waals surface area contributed by atoms with Crippen LogP contribution in [0.2, 0.25) is 0 Å². The fourth-order valence-electron chi connectivity index (χ4n) is 3.35. The van der Waals surface area contributed by atoms with Crippen molar-refractivity contribution in [3.8, 4) is 11.8 Å². The maximum Gasteiger partial charge on any atom is 0.219 e. The number of nitrogens with zero attached hydrogens (tertiary/aromatic N) is 1. The van der Waals surface area contributed by atoms with Gasteiger partial charge in [-0.1, -0.05) is 27.2 Å². The van der Waals surface area contributed by atoms with Crippen molar-refractivity contribution < 1.29 is 19.8 Å². The molecule has 0 aliphatic heterocycles. The van der Waals surface area contributed by atoms with Crippen LogP contribution in [0.3, 0.4) is 0 Å². The number of unbranched alkanes of at least 4 members (excludes halogenated alkanes) is 3. The van der Waals surface area contributed by atoms with Crippen molar-refractivity contribution in [1.82, 2.24) is 15.2 Å². The van der Waals surface area contributed by atoms with Crippen molar-refractivity contribution >= 4 is 23.6 Å². The Morgan fingerprint density at radius 1 is 1.13 bits per heavy atom. The van der Waals surface area contributed by atoms with Crippen LogP contribution in [0.5, 0.6) is 11.8 Å². The Labute approximate surface area is 185 Å². The van der Waals surface area contributed by atoms with E-state index in [2.05, 4.69) is 24.5 Å². The van der Waals surface area contributed by atoms with Crippen LogP contribution in [0, 0.1) is 5.92 Å². The molecule has 1 atom stereocenters. The Balaban J connectivity index is 2.13. The molecule has 7 nitrogen and oxygen atoms in total. The van der Waals surface area contributed by atoms with E-state index in [9.17, 15) is 19.8 Å². The Morgan fingerprint density at radius 2 is 1.87 bits per heavy atom. The monoisotopic (exact) mass is 441 g/mol. The van der Waals surface area contributed by atoms with E-state index in [1.54, 1.807) is 13.0 Å². The highest BCUT2D eigenvalue weighted by atomic mass is 32.2. The second kappa shape index (κ2) is 14.2. The quantitative estimate of drug-likeness (QED) is 0.243. The summed E-state index contributed by atoms with van der Waals surface area (Å²) in [5.74, 6) is 1.50. The second-order valence-electron chi connectivity index (χ2n) is 7.98. The Bertz CT molecular complexity index is 661. The number of hydrogen-bond acceptors (Lipinski definition) is 5. The van der Waals surface area contributed by atoms with Gasteiger partial charge in [0, 0.05) is 38.5 Å². The third-order valence-corrected chi connectivity index (χ3v) is 5.96. The Kier molecular flexibility index (Phi) is 12.4. The van der Waals surface area contributed by atoms with Crippen LogP contribution >= 0.6 is 11.8 Å². The van der Waals surface area contributed by atoms with Crippen molar-refractivity contribution in [3.63, 3.8) is 0 Å². The first-order chi connectivity index (χ1) is 14.3. The van der Waals surface area contributed by atoms with Crippen LogP contribution in [-0.2, 0) is 16.1 Å². The number of amides is 2. The lowest BCUT2D eigenvalue weighted by Crippen LogP contribution is -2.37. The van der Waals surface area contributed by atoms with Crippen LogP contribution in [-0.4, -0.2) is 44.9 Å². The molecule has 1 aromatic heterocycles. The lowest BCUT2D eigenvalue weighted by atomic mass is 9.98. The van der Waals surface area contributed by atoms with E-state index in [1.807, 2.05) is 6.92 Å². The number of aromatic nitrogens is 1. The lowest BCUT2D eigenvalue weighted by molar-refractivity contribution is -0.121. The van der Waals surface area contributed by atoms with Gasteiger partial charge in [0.2, 0.25) is 17.7 Å². The highest BCUT2D eigenvalue weighted by Crippen LogP contribution is 2.35. The fraction of sp³-hybridized carbons (Fsp3) is 0.727. The van der Waals surface area contributed by atoms with Gasteiger partial charge in [-0.25, -0.2) is 0 Å². The van der Waals surface area contributed by atoms with Gasteiger partial charge in [-0.15, -0.1) is 11.8 Å². The molecule has 8 heteroatoms. The highest BCUT2D eigenvalue weighted by molar-refractivity contribution is 7.99. The zero-order valence-electron chi connectivity index (χ0n) is 18.9. The predicted octanol–water partition coefficient (Wildman–Crippen LogP) is 4.02. The van der Waals surface area contributed by atoms with Gasteiger partial charge in [-0.2, -0.15) is 0 Å². The first kappa shape index (κ1) is 26.2. The average Bonchev–Trinajstić information content (AvgIpc) is 2.93. The standard InChI is InChI=1S/C22H39N3O4S/c1-5-30-19-15-21(28)25(22(19)29)14-10-6-7-12-20(27)23-13-9-8-11-18(16(2)3)24-17(4)26/h15-16,18,28-29H,5-14H2,1-4H3,(H,23,27)(H,24,26). The molecule has 0 bridgehead atoms. The van der Waals surface area contributed by atoms with Crippen LogP contribution in [0.4, 0.5) is 0 Å². The molecule has 0 radical (unpaired) electrons. The highest BCUT2D eigenvalue weighted by Gasteiger charge is 2.14. The molecule has 30 heavy (non-hydrogen) atoms. The number of carbonyl (C=O) groups is 2. The zero-order chi connectivity index (χ0) is 22.5. The number of hydrogen-bond donors (Lipinski definition) is 4. The summed E-state index contributed by atoms with van der Waals surface area (Å²) >= 11 is 1.50. The van der Waals surface area contributed by atoms with E-state index in [-0.39, 0.29) is 29.6 Å². The van der Waals surface area contributed by atoms with E-state index < -0.39 is 0 Å². The molecule has 0 spiro atoms. The van der Waals surface area contributed by atoms with Crippen LogP contribution in [0.15, 0.2) is 11.0 Å². The summed E-state index contributed by atoms with van der Waals surface area (Å²) in [6.45, 7) is 8.94. The summed E-state index contributed by atoms with van der Waals surface area (Å²) < 4.78 is 1.52. The van der Waals surface area contributed by atoms with E-state index in [1.165, 1.54) is 16.3 Å². The number of carbonyl (C=O) groups excluding carboxylic acids is 2. The van der Waals surface area contributed by atoms with Gasteiger partial charge >= 0.3 is 0 Å². The van der Waals surface area contributed by atoms with Crippen LogP contribution in [0.25, 0.3) is 0 Å². The molecule has 4 N–H and O–H groups in total. The van der Waals surface area contributed by atoms with E-state index in [0.29, 0.717) is 30.3 Å². The fourth-order valence-corrected chi connectivity index (χ4v) is 4.09. The molecule has 1 unspecified atom stereocenters. The summed E-state index contributed by atoms with van der Waals surface area (Å²) in [7, 11) is 0. The molecule has 1 heterocycles. The van der Waals surface area contributed by atoms with Crippen molar-refractivity contribution in [2.24, 2.45) is 5.92 Å². The predicted molar refractivity (Wildman–Crippen MR) is 122 cm³/mol. The summed E-state index contributed by atoms with van der Waals surface area (Å²) in [6, 6.07) is 1.78. The average molecular weight is 442 g/mol. The molecule has 1 aromatic rings. The number of thioether (sulfide) groups is 1. The molecular weight excluding hydrogens is 402 g/mol. The number of rotatable bonds is 15. The molecule has 2 amide bonds. The van der Waals surface area contributed by atoms with Crippen molar-refractivity contribution in [2.75, 3.05) is 12.3 Å². The van der Waals surface area contributed by atoms with Crippen LogP contribution in [0.1, 0.15) is 72.6 Å². The summed E-state index contributed by atoms with van der Waals surface area (Å²) in [5.41, 5.74) is 0. The van der Waals surface area contributed by atoms with Gasteiger partial charge in [0.05, 0.1) is 4.90 Å². The zero-order valence-corrected chi connectivity index (χ0v) is 19.7. The first-order valence-corrected chi connectivity index (χ1v) is 12.0. The minimum absolute atomic E-state index is 0.00416. The normalized spacial score (nSPS) is 12.2. The molecule has 0 saturated heterocycles. The van der Waals surface area contributed by atoms with Gasteiger partial charge in [-0.05, 0) is 43.8 Å². The van der Waals surface area contributed by atoms with Crippen molar-refractivity contribution in [2.45, 2.75) is 90.1 Å². The van der Waals surface area contributed by atoms with Crippen molar-refractivity contribution in [3.05, 3.63) is 6.07 Å². The number of aromatic hydroxyl groups is 2. The molecular formula is C22H39N3O4S. The molecule has 0 aliphatic rings. The Morgan fingerprint density at radius 3 is 2.50 bits per heavy atom. The van der Waals surface area contributed by atoms with Crippen molar-refractivity contribution in [1.29, 1.82) is 0 Å². The van der Waals surface area contributed by atoms with E-state index in [4.69, 9.17) is 0 Å². The minimum Gasteiger partial charge on any atom is -0.494 e. The van der Waals surface area contributed by atoms with Gasteiger partial charge < -0.3 is 20.8 Å². The first-order valence-electron chi connectivity index (χ1n) is 11.0. The number of nitrogens with one attached hydrogen (secondary N) is 2. The third-order valence-electron chi connectivity index (χ3n) is 5.06. The van der Waals surface area contributed by atoms with Gasteiger partial charge in [-0.3, -0.25) is 14.2 Å². The largest absolute Gasteiger partial charge is 0.494 e. The van der Waals surface area contributed by atoms with E-state index in [0.717, 1.165) is 44.3 Å². The van der Waals surface area contributed by atoms with Gasteiger partial charge in [0.15, 0.2) is 5.88 Å². The maximum absolute atomic E-state index is 12.0. The molecule has 172 valence electrons. The smallest absolute Gasteiger partial charge is 0.219 e. The van der Waals surface area contributed by atoms with Crippen LogP contribution < -0.4 is 10.6 Å². The Hall–Kier alpha value is -1.83. The molecule has 0 saturated carbocycles. The SMILES string of the molecule is CCSc1cc(O)n(CCCCCC(=O)NCCCCC(NC(C)=O)C(C)C)c1O. The van der Waals surface area contributed by atoms with Gasteiger partial charge in [0.1, 0.15) is 0 Å². The third kappa shape index (κ3) is 9.78. The second-order valence-corrected chi connectivity index (χ2v) is 9.29. The van der Waals surface area contributed by atoms with E-state index >= 15 is 0 Å². The topological polar surface area (TPSA) is 104 Å². The summed E-state index contributed by atoms with van der Waals surface area (Å²) in [6.07, 6.45) is 5.70. The molecule has 0 fully saturated rings. The molecule has 0 aliphatic carbocycles. The molecule has 1 rings (SSSR count). The maximum atomic E-state index is 12.0.